The van der Waals surface area contributed by atoms with Crippen molar-refractivity contribution in [1.82, 2.24) is 14.9 Å². The van der Waals surface area contributed by atoms with Crippen LogP contribution in [0.25, 0.3) is 0 Å². The number of benzene rings is 1. The molecule has 3 nitrogen and oxygen atoms in total. The first-order chi connectivity index (χ1) is 9.79. The molecule has 0 saturated carbocycles. The molecule has 0 bridgehead atoms. The standard InChI is InChI=1S/C16H20ClN3/c1-2-14-19-16(17)15-13(18-10-11-20(14)15)9-8-12-6-4-3-5-7-12/h3-7,13,18H,2,8-11H2,1H3. The number of hydrogen-bond acceptors (Lipinski definition) is 2. The van der Waals surface area contributed by atoms with Crippen molar-refractivity contribution < 1.29 is 0 Å². The average molecular weight is 290 g/mol. The van der Waals surface area contributed by atoms with Gasteiger partial charge in [0.2, 0.25) is 0 Å². The number of halogens is 1. The van der Waals surface area contributed by atoms with Crippen molar-refractivity contribution in [2.45, 2.75) is 38.8 Å². The summed E-state index contributed by atoms with van der Waals surface area (Å²) in [5, 5.41) is 4.25. The molecule has 4 heteroatoms. The fraction of sp³-hybridized carbons (Fsp3) is 0.438. The maximum atomic E-state index is 6.35. The van der Waals surface area contributed by atoms with Crippen molar-refractivity contribution in [3.63, 3.8) is 0 Å². The third-order valence-corrected chi connectivity index (χ3v) is 4.26. The highest BCUT2D eigenvalue weighted by molar-refractivity contribution is 6.30. The first-order valence-electron chi connectivity index (χ1n) is 7.31. The molecule has 0 saturated heterocycles. The second-order valence-electron chi connectivity index (χ2n) is 5.24. The quantitative estimate of drug-likeness (QED) is 0.935. The Labute approximate surface area is 125 Å². The van der Waals surface area contributed by atoms with Crippen LogP contribution in [-0.4, -0.2) is 16.1 Å². The first kappa shape index (κ1) is 13.7. The maximum Gasteiger partial charge on any atom is 0.152 e. The molecule has 0 fully saturated rings. The molecule has 1 N–H and O–H groups in total. The number of imidazole rings is 1. The molecule has 0 amide bonds. The van der Waals surface area contributed by atoms with E-state index < -0.39 is 0 Å². The fourth-order valence-electron chi connectivity index (χ4n) is 2.97. The van der Waals surface area contributed by atoms with Gasteiger partial charge in [-0.3, -0.25) is 0 Å². The van der Waals surface area contributed by atoms with E-state index in [0.717, 1.165) is 38.2 Å². The number of nitrogens with zero attached hydrogens (tertiary/aromatic N) is 2. The minimum absolute atomic E-state index is 0.309. The third-order valence-electron chi connectivity index (χ3n) is 3.98. The summed E-state index contributed by atoms with van der Waals surface area (Å²) >= 11 is 6.35. The smallest absolute Gasteiger partial charge is 0.152 e. The van der Waals surface area contributed by atoms with Crippen molar-refractivity contribution in [3.8, 4) is 0 Å². The van der Waals surface area contributed by atoms with Crippen LogP contribution in [0.3, 0.4) is 0 Å². The predicted octanol–water partition coefficient (Wildman–Crippen LogP) is 3.38. The molecular formula is C16H20ClN3. The molecule has 2 aromatic rings. The van der Waals surface area contributed by atoms with Gasteiger partial charge in [-0.25, -0.2) is 4.98 Å². The Balaban J connectivity index is 1.78. The number of hydrogen-bond donors (Lipinski definition) is 1. The highest BCUT2D eigenvalue weighted by Gasteiger charge is 2.25. The number of rotatable bonds is 4. The minimum Gasteiger partial charge on any atom is -0.328 e. The molecule has 106 valence electrons. The van der Waals surface area contributed by atoms with Gasteiger partial charge < -0.3 is 9.88 Å². The maximum absolute atomic E-state index is 6.35. The normalized spacial score (nSPS) is 18.0. The van der Waals surface area contributed by atoms with Gasteiger partial charge in [-0.05, 0) is 18.4 Å². The second kappa shape index (κ2) is 5.98. The molecule has 20 heavy (non-hydrogen) atoms. The van der Waals surface area contributed by atoms with Gasteiger partial charge in [0, 0.05) is 19.5 Å². The second-order valence-corrected chi connectivity index (χ2v) is 5.60. The molecule has 1 aliphatic heterocycles. The van der Waals surface area contributed by atoms with Gasteiger partial charge in [0.05, 0.1) is 11.7 Å². The van der Waals surface area contributed by atoms with Crippen LogP contribution in [0.2, 0.25) is 5.15 Å². The lowest BCUT2D eigenvalue weighted by molar-refractivity contribution is 0.400. The van der Waals surface area contributed by atoms with Gasteiger partial charge in [0.1, 0.15) is 5.82 Å². The van der Waals surface area contributed by atoms with Crippen LogP contribution in [0.5, 0.6) is 0 Å². The van der Waals surface area contributed by atoms with Crippen molar-refractivity contribution in [1.29, 1.82) is 0 Å². The Kier molecular flexibility index (Phi) is 4.08. The van der Waals surface area contributed by atoms with Crippen LogP contribution in [0.4, 0.5) is 0 Å². The summed E-state index contributed by atoms with van der Waals surface area (Å²) in [6.07, 6.45) is 3.05. The van der Waals surface area contributed by atoms with Crippen LogP contribution in [-0.2, 0) is 19.4 Å². The van der Waals surface area contributed by atoms with E-state index in [-0.39, 0.29) is 0 Å². The topological polar surface area (TPSA) is 29.9 Å². The predicted molar refractivity (Wildman–Crippen MR) is 82.1 cm³/mol. The lowest BCUT2D eigenvalue weighted by Gasteiger charge is -2.27. The molecule has 0 spiro atoms. The van der Waals surface area contributed by atoms with Gasteiger partial charge in [-0.1, -0.05) is 48.9 Å². The molecule has 2 heterocycles. The van der Waals surface area contributed by atoms with Crippen molar-refractivity contribution in [2.75, 3.05) is 6.54 Å². The lowest BCUT2D eigenvalue weighted by atomic mass is 10.0. The summed E-state index contributed by atoms with van der Waals surface area (Å²) < 4.78 is 2.30. The van der Waals surface area contributed by atoms with Gasteiger partial charge >= 0.3 is 0 Å². The van der Waals surface area contributed by atoms with Crippen LogP contribution in [0, 0.1) is 0 Å². The van der Waals surface area contributed by atoms with E-state index in [1.54, 1.807) is 0 Å². The van der Waals surface area contributed by atoms with Gasteiger partial charge in [-0.15, -0.1) is 0 Å². The third kappa shape index (κ3) is 2.60. The van der Waals surface area contributed by atoms with Gasteiger partial charge in [0.25, 0.3) is 0 Å². The van der Waals surface area contributed by atoms with E-state index in [1.165, 1.54) is 11.3 Å². The van der Waals surface area contributed by atoms with Crippen molar-refractivity contribution >= 4 is 11.6 Å². The molecule has 0 aliphatic carbocycles. The number of aryl methyl sites for hydroxylation is 2. The molecule has 1 aromatic carbocycles. The molecule has 3 rings (SSSR count). The highest BCUT2D eigenvalue weighted by atomic mass is 35.5. The number of nitrogens with one attached hydrogen (secondary N) is 1. The number of aromatic nitrogens is 2. The van der Waals surface area contributed by atoms with Crippen LogP contribution in [0.1, 0.15) is 36.5 Å². The summed E-state index contributed by atoms with van der Waals surface area (Å²) in [6, 6.07) is 10.9. The summed E-state index contributed by atoms with van der Waals surface area (Å²) in [4.78, 5) is 4.50. The number of fused-ring (bicyclic) bond motifs is 1. The van der Waals surface area contributed by atoms with Crippen molar-refractivity contribution in [2.24, 2.45) is 0 Å². The van der Waals surface area contributed by atoms with E-state index in [0.29, 0.717) is 11.2 Å². The van der Waals surface area contributed by atoms with E-state index in [1.807, 2.05) is 0 Å². The largest absolute Gasteiger partial charge is 0.328 e. The van der Waals surface area contributed by atoms with Crippen molar-refractivity contribution in [3.05, 3.63) is 52.6 Å². The van der Waals surface area contributed by atoms with Gasteiger partial charge in [0.15, 0.2) is 5.15 Å². The molecule has 1 unspecified atom stereocenters. The summed E-state index contributed by atoms with van der Waals surface area (Å²) in [6.45, 7) is 4.10. The molecule has 1 aliphatic rings. The van der Waals surface area contributed by atoms with E-state index in [2.05, 4.69) is 52.1 Å². The van der Waals surface area contributed by atoms with E-state index in [4.69, 9.17) is 11.6 Å². The van der Waals surface area contributed by atoms with E-state index >= 15 is 0 Å². The van der Waals surface area contributed by atoms with Crippen LogP contribution in [0.15, 0.2) is 30.3 Å². The summed E-state index contributed by atoms with van der Waals surface area (Å²) in [5.41, 5.74) is 2.54. The van der Waals surface area contributed by atoms with Crippen LogP contribution < -0.4 is 5.32 Å². The monoisotopic (exact) mass is 289 g/mol. The summed E-state index contributed by atoms with van der Waals surface area (Å²) in [7, 11) is 0. The molecular weight excluding hydrogens is 270 g/mol. The SMILES string of the molecule is CCc1nc(Cl)c2n1CCNC2CCc1ccccc1. The zero-order valence-electron chi connectivity index (χ0n) is 11.8. The first-order valence-corrected chi connectivity index (χ1v) is 7.69. The minimum atomic E-state index is 0.309. The molecule has 0 radical (unpaired) electrons. The van der Waals surface area contributed by atoms with Crippen LogP contribution >= 0.6 is 11.6 Å². The average Bonchev–Trinajstić information content (AvgIpc) is 2.83. The Morgan fingerprint density at radius 1 is 1.35 bits per heavy atom. The zero-order valence-corrected chi connectivity index (χ0v) is 12.5. The molecule has 1 aromatic heterocycles. The fourth-order valence-corrected chi connectivity index (χ4v) is 3.31. The Bertz CT molecular complexity index is 577. The Morgan fingerprint density at radius 3 is 2.90 bits per heavy atom. The van der Waals surface area contributed by atoms with Gasteiger partial charge in [-0.2, -0.15) is 0 Å². The zero-order chi connectivity index (χ0) is 13.9. The van der Waals surface area contributed by atoms with E-state index in [9.17, 15) is 0 Å². The lowest BCUT2D eigenvalue weighted by Crippen LogP contribution is -2.34. The highest BCUT2D eigenvalue weighted by Crippen LogP contribution is 2.30. The Hall–Kier alpha value is -1.32. The Morgan fingerprint density at radius 2 is 2.15 bits per heavy atom. The summed E-state index contributed by atoms with van der Waals surface area (Å²) in [5.74, 6) is 1.11. The molecule has 1 atom stereocenters.